The predicted molar refractivity (Wildman–Crippen MR) is 48.0 cm³/mol. The highest BCUT2D eigenvalue weighted by molar-refractivity contribution is 9.10. The Hall–Kier alpha value is -1.20. The van der Waals surface area contributed by atoms with Crippen LogP contribution in [-0.4, -0.2) is 0 Å². The summed E-state index contributed by atoms with van der Waals surface area (Å²) in [5.41, 5.74) is 7.42. The van der Waals surface area contributed by atoms with E-state index < -0.39 is 11.7 Å². The third-order valence-electron chi connectivity index (χ3n) is 1.43. The summed E-state index contributed by atoms with van der Waals surface area (Å²) >= 11 is 2.88. The number of hydrogen-bond donors (Lipinski definition) is 0. The van der Waals surface area contributed by atoms with Gasteiger partial charge in [-0.2, -0.15) is 13.2 Å². The van der Waals surface area contributed by atoms with Crippen LogP contribution in [0.5, 0.6) is 0 Å². The zero-order valence-electron chi connectivity index (χ0n) is 6.59. The van der Waals surface area contributed by atoms with Crippen LogP contribution in [0.4, 0.5) is 18.9 Å². The first-order valence-electron chi connectivity index (χ1n) is 3.37. The maximum Gasteiger partial charge on any atom is 0.416 e. The minimum atomic E-state index is -4.39. The minimum Gasteiger partial charge on any atom is -0.166 e. The number of hydrogen-bond acceptors (Lipinski definition) is 1. The van der Waals surface area contributed by atoms with Gasteiger partial charge in [0.15, 0.2) is 0 Å². The van der Waals surface area contributed by atoms with Gasteiger partial charge in [-0.05, 0) is 17.7 Å². The Balaban J connectivity index is 3.19. The largest absolute Gasteiger partial charge is 0.416 e. The quantitative estimate of drug-likeness (QED) is 0.410. The summed E-state index contributed by atoms with van der Waals surface area (Å²) in [5, 5.41) is 3.20. The lowest BCUT2D eigenvalue weighted by atomic mass is 10.2. The molecule has 0 heterocycles. The Kier molecular flexibility index (Phi) is 3.03. The van der Waals surface area contributed by atoms with E-state index in [0.717, 1.165) is 18.2 Å². The minimum absolute atomic E-state index is 0.116. The van der Waals surface area contributed by atoms with Crippen LogP contribution in [0.15, 0.2) is 27.8 Å². The molecule has 0 aliphatic carbocycles. The second kappa shape index (κ2) is 3.89. The summed E-state index contributed by atoms with van der Waals surface area (Å²) in [7, 11) is 0. The second-order valence-corrected chi connectivity index (χ2v) is 3.21. The molecule has 0 unspecified atom stereocenters. The number of halogens is 4. The van der Waals surface area contributed by atoms with Gasteiger partial charge in [-0.15, -0.1) is 0 Å². The first-order valence-corrected chi connectivity index (χ1v) is 4.16. The summed E-state index contributed by atoms with van der Waals surface area (Å²) in [4.78, 5) is 2.47. The van der Waals surface area contributed by atoms with Gasteiger partial charge in [-0.25, -0.2) is 0 Å². The maximum absolute atomic E-state index is 12.2. The molecule has 0 saturated heterocycles. The summed E-state index contributed by atoms with van der Waals surface area (Å²) in [6, 6.07) is 2.82. The van der Waals surface area contributed by atoms with Crippen molar-refractivity contribution in [2.45, 2.75) is 6.18 Å². The van der Waals surface area contributed by atoms with Gasteiger partial charge in [0.2, 0.25) is 0 Å². The Morgan fingerprint density at radius 1 is 1.36 bits per heavy atom. The van der Waals surface area contributed by atoms with E-state index in [1.807, 2.05) is 0 Å². The number of rotatable bonds is 1. The first kappa shape index (κ1) is 10.9. The van der Waals surface area contributed by atoms with Crippen LogP contribution in [0.1, 0.15) is 5.56 Å². The van der Waals surface area contributed by atoms with Crippen molar-refractivity contribution in [3.8, 4) is 0 Å². The van der Waals surface area contributed by atoms with Gasteiger partial charge in [-0.3, -0.25) is 0 Å². The molecule has 0 spiro atoms. The highest BCUT2D eigenvalue weighted by atomic mass is 79.9. The van der Waals surface area contributed by atoms with Crippen molar-refractivity contribution >= 4 is 21.6 Å². The molecule has 0 atom stereocenters. The summed E-state index contributed by atoms with van der Waals surface area (Å²) in [6.45, 7) is 0. The second-order valence-electron chi connectivity index (χ2n) is 2.35. The van der Waals surface area contributed by atoms with Crippen molar-refractivity contribution < 1.29 is 13.2 Å². The van der Waals surface area contributed by atoms with Gasteiger partial charge in [0.25, 0.3) is 0 Å². The molecule has 0 aliphatic rings. The van der Waals surface area contributed by atoms with E-state index in [4.69, 9.17) is 5.53 Å². The van der Waals surface area contributed by atoms with E-state index in [1.165, 1.54) is 0 Å². The van der Waals surface area contributed by atoms with Crippen LogP contribution < -0.4 is 0 Å². The average molecular weight is 266 g/mol. The third kappa shape index (κ3) is 2.40. The summed E-state index contributed by atoms with van der Waals surface area (Å²) in [5.74, 6) is 0. The van der Waals surface area contributed by atoms with Crippen molar-refractivity contribution in [3.63, 3.8) is 0 Å². The Labute approximate surface area is 85.3 Å². The molecule has 0 saturated carbocycles. The lowest BCUT2D eigenvalue weighted by molar-refractivity contribution is -0.137. The number of benzene rings is 1. The molecule has 3 nitrogen and oxygen atoms in total. The predicted octanol–water partition coefficient (Wildman–Crippen LogP) is 4.41. The molecule has 0 aromatic heterocycles. The van der Waals surface area contributed by atoms with Crippen molar-refractivity contribution in [2.24, 2.45) is 5.11 Å². The maximum atomic E-state index is 12.2. The van der Waals surface area contributed by atoms with Crippen molar-refractivity contribution in [3.05, 3.63) is 38.7 Å². The van der Waals surface area contributed by atoms with Crippen LogP contribution in [0.2, 0.25) is 0 Å². The molecule has 0 amide bonds. The standard InChI is InChI=1S/C7H3BrF3N3/c8-5-3-4(7(9,10)11)1-2-6(5)13-14-12/h1-3H. The van der Waals surface area contributed by atoms with Crippen LogP contribution in [-0.2, 0) is 6.18 Å². The van der Waals surface area contributed by atoms with E-state index >= 15 is 0 Å². The Morgan fingerprint density at radius 3 is 2.43 bits per heavy atom. The lowest BCUT2D eigenvalue weighted by Gasteiger charge is -2.07. The van der Waals surface area contributed by atoms with Crippen LogP contribution in [0.3, 0.4) is 0 Å². The number of azide groups is 1. The molecule has 0 radical (unpaired) electrons. The summed E-state index contributed by atoms with van der Waals surface area (Å²) in [6.07, 6.45) is -4.39. The van der Waals surface area contributed by atoms with Crippen molar-refractivity contribution in [1.82, 2.24) is 0 Å². The van der Waals surface area contributed by atoms with Crippen LogP contribution >= 0.6 is 15.9 Å². The van der Waals surface area contributed by atoms with Crippen LogP contribution in [0, 0.1) is 0 Å². The average Bonchev–Trinajstić information content (AvgIpc) is 2.07. The van der Waals surface area contributed by atoms with Gasteiger partial charge in [0.1, 0.15) is 0 Å². The molecule has 14 heavy (non-hydrogen) atoms. The highest BCUT2D eigenvalue weighted by Gasteiger charge is 2.30. The first-order chi connectivity index (χ1) is 6.45. The van der Waals surface area contributed by atoms with Gasteiger partial charge < -0.3 is 0 Å². The molecule has 1 aromatic rings. The third-order valence-corrected chi connectivity index (χ3v) is 2.06. The fourth-order valence-corrected chi connectivity index (χ4v) is 1.27. The summed E-state index contributed by atoms with van der Waals surface area (Å²) < 4.78 is 36.6. The molecule has 7 heteroatoms. The van der Waals surface area contributed by atoms with Gasteiger partial charge in [-0.1, -0.05) is 27.1 Å². The van der Waals surface area contributed by atoms with Crippen molar-refractivity contribution in [1.29, 1.82) is 0 Å². The van der Waals surface area contributed by atoms with Crippen LogP contribution in [0.25, 0.3) is 10.4 Å². The van der Waals surface area contributed by atoms with E-state index in [1.54, 1.807) is 0 Å². The molecule has 1 rings (SSSR count). The van der Waals surface area contributed by atoms with E-state index in [2.05, 4.69) is 26.0 Å². The lowest BCUT2D eigenvalue weighted by Crippen LogP contribution is -2.04. The molecule has 0 N–H and O–H groups in total. The topological polar surface area (TPSA) is 48.8 Å². The van der Waals surface area contributed by atoms with Gasteiger partial charge in [0.05, 0.1) is 11.3 Å². The number of nitrogens with zero attached hydrogens (tertiary/aromatic N) is 3. The van der Waals surface area contributed by atoms with E-state index in [0.29, 0.717) is 0 Å². The van der Waals surface area contributed by atoms with Gasteiger partial charge in [0, 0.05) is 9.38 Å². The molecular weight excluding hydrogens is 263 g/mol. The van der Waals surface area contributed by atoms with Gasteiger partial charge >= 0.3 is 6.18 Å². The molecule has 0 aliphatic heterocycles. The van der Waals surface area contributed by atoms with Crippen molar-refractivity contribution in [2.75, 3.05) is 0 Å². The molecule has 74 valence electrons. The normalized spacial score (nSPS) is 10.9. The van der Waals surface area contributed by atoms with E-state index in [-0.39, 0.29) is 10.2 Å². The zero-order chi connectivity index (χ0) is 10.8. The molecule has 1 aromatic carbocycles. The fourth-order valence-electron chi connectivity index (χ4n) is 0.813. The van der Waals surface area contributed by atoms with E-state index in [9.17, 15) is 13.2 Å². The molecule has 0 fully saturated rings. The smallest absolute Gasteiger partial charge is 0.166 e. The molecule has 0 bridgehead atoms. The number of alkyl halides is 3. The Morgan fingerprint density at radius 2 is 2.00 bits per heavy atom. The fraction of sp³-hybridized carbons (Fsp3) is 0.143. The highest BCUT2D eigenvalue weighted by Crippen LogP contribution is 2.34. The monoisotopic (exact) mass is 265 g/mol. The molecular formula is C7H3BrF3N3. The zero-order valence-corrected chi connectivity index (χ0v) is 8.17. The SMILES string of the molecule is [N-]=[N+]=Nc1ccc(C(F)(F)F)cc1Br. The Bertz CT molecular complexity index is 396.